The highest BCUT2D eigenvalue weighted by atomic mass is 32.2. The third-order valence-corrected chi connectivity index (χ3v) is 4.36. The molecular formula is C12H19N3O4S. The monoisotopic (exact) mass is 301 g/mol. The van der Waals surface area contributed by atoms with E-state index < -0.39 is 15.6 Å². The zero-order valence-electron chi connectivity index (χ0n) is 11.3. The molecular weight excluding hydrogens is 282 g/mol. The van der Waals surface area contributed by atoms with Gasteiger partial charge in [-0.1, -0.05) is 0 Å². The van der Waals surface area contributed by atoms with Crippen molar-refractivity contribution in [1.82, 2.24) is 0 Å². The van der Waals surface area contributed by atoms with Gasteiger partial charge in [0.15, 0.2) is 0 Å². The summed E-state index contributed by atoms with van der Waals surface area (Å²) in [4.78, 5) is -0.0253. The van der Waals surface area contributed by atoms with Crippen LogP contribution in [0.4, 0.5) is 11.4 Å². The van der Waals surface area contributed by atoms with Crippen LogP contribution in [0.5, 0.6) is 0 Å². The van der Waals surface area contributed by atoms with E-state index in [9.17, 15) is 8.42 Å². The average Bonchev–Trinajstić information content (AvgIpc) is 2.86. The predicted octanol–water partition coefficient (Wildman–Crippen LogP) is 0.134. The third-order valence-electron chi connectivity index (χ3n) is 3.41. The second-order valence-electron chi connectivity index (χ2n) is 4.84. The number of primary sulfonamides is 1. The molecule has 1 fully saturated rings. The standard InChI is InChI=1S/C12H19N3O4S/c1-18-12(4-5-19-8-12)7-15-10-3-2-9(13)6-11(10)20(14,16)17/h2-3,6,15H,4-5,7-8,13H2,1H3,(H2,14,16,17). The Labute approximate surface area is 118 Å². The minimum Gasteiger partial charge on any atom is -0.399 e. The highest BCUT2D eigenvalue weighted by Crippen LogP contribution is 2.26. The summed E-state index contributed by atoms with van der Waals surface area (Å²) in [5, 5.41) is 8.26. The van der Waals surface area contributed by atoms with E-state index in [1.807, 2.05) is 0 Å². The number of anilines is 2. The van der Waals surface area contributed by atoms with Gasteiger partial charge in [-0.3, -0.25) is 0 Å². The molecule has 1 atom stereocenters. The number of nitrogens with two attached hydrogens (primary N) is 2. The Kier molecular flexibility index (Phi) is 4.19. The van der Waals surface area contributed by atoms with E-state index in [1.165, 1.54) is 6.07 Å². The molecule has 0 amide bonds. The lowest BCUT2D eigenvalue weighted by Crippen LogP contribution is -2.39. The highest BCUT2D eigenvalue weighted by molar-refractivity contribution is 7.89. The second-order valence-corrected chi connectivity index (χ2v) is 6.37. The third kappa shape index (κ3) is 3.21. The van der Waals surface area contributed by atoms with E-state index in [-0.39, 0.29) is 4.90 Å². The number of hydrogen-bond acceptors (Lipinski definition) is 6. The molecule has 112 valence electrons. The molecule has 1 aliphatic rings. The van der Waals surface area contributed by atoms with Crippen molar-refractivity contribution in [3.05, 3.63) is 18.2 Å². The van der Waals surface area contributed by atoms with E-state index in [2.05, 4.69) is 5.32 Å². The summed E-state index contributed by atoms with van der Waals surface area (Å²) in [6.45, 7) is 1.52. The van der Waals surface area contributed by atoms with Gasteiger partial charge < -0.3 is 20.5 Å². The van der Waals surface area contributed by atoms with Crippen molar-refractivity contribution >= 4 is 21.4 Å². The van der Waals surface area contributed by atoms with Crippen LogP contribution in [-0.2, 0) is 19.5 Å². The molecule has 0 radical (unpaired) electrons. The van der Waals surface area contributed by atoms with Crippen LogP contribution in [-0.4, -0.2) is 40.9 Å². The summed E-state index contributed by atoms with van der Waals surface area (Å²) in [5.74, 6) is 0. The number of rotatable bonds is 5. The molecule has 1 aromatic carbocycles. The van der Waals surface area contributed by atoms with E-state index in [0.717, 1.165) is 6.42 Å². The van der Waals surface area contributed by atoms with Gasteiger partial charge in [0.05, 0.1) is 12.3 Å². The average molecular weight is 301 g/mol. The number of methoxy groups -OCH3 is 1. The molecule has 0 aromatic heterocycles. The fourth-order valence-corrected chi connectivity index (χ4v) is 2.88. The molecule has 20 heavy (non-hydrogen) atoms. The minimum atomic E-state index is -3.84. The lowest BCUT2D eigenvalue weighted by atomic mass is 10.0. The molecule has 5 N–H and O–H groups in total. The van der Waals surface area contributed by atoms with E-state index in [1.54, 1.807) is 19.2 Å². The van der Waals surface area contributed by atoms with Gasteiger partial charge in [-0.25, -0.2) is 13.6 Å². The Morgan fingerprint density at radius 2 is 2.25 bits per heavy atom. The maximum atomic E-state index is 11.6. The van der Waals surface area contributed by atoms with Gasteiger partial charge in [-0.05, 0) is 18.2 Å². The first kappa shape index (κ1) is 15.0. The topological polar surface area (TPSA) is 117 Å². The maximum Gasteiger partial charge on any atom is 0.240 e. The predicted molar refractivity (Wildman–Crippen MR) is 75.9 cm³/mol. The molecule has 1 heterocycles. The van der Waals surface area contributed by atoms with Gasteiger partial charge in [0, 0.05) is 32.4 Å². The number of benzene rings is 1. The number of ether oxygens (including phenoxy) is 2. The van der Waals surface area contributed by atoms with Crippen LogP contribution in [0.25, 0.3) is 0 Å². The van der Waals surface area contributed by atoms with Crippen LogP contribution in [0, 0.1) is 0 Å². The number of hydrogen-bond donors (Lipinski definition) is 3. The van der Waals surface area contributed by atoms with Crippen LogP contribution in [0.2, 0.25) is 0 Å². The molecule has 1 aliphatic heterocycles. The van der Waals surface area contributed by atoms with Crippen LogP contribution in [0.15, 0.2) is 23.1 Å². The zero-order valence-corrected chi connectivity index (χ0v) is 12.1. The molecule has 0 bridgehead atoms. The van der Waals surface area contributed by atoms with Crippen molar-refractivity contribution in [1.29, 1.82) is 0 Å². The lowest BCUT2D eigenvalue weighted by Gasteiger charge is -2.27. The fourth-order valence-electron chi connectivity index (χ4n) is 2.14. The highest BCUT2D eigenvalue weighted by Gasteiger charge is 2.35. The summed E-state index contributed by atoms with van der Waals surface area (Å²) in [7, 11) is -2.23. The Balaban J connectivity index is 2.21. The molecule has 1 aromatic rings. The maximum absolute atomic E-state index is 11.6. The van der Waals surface area contributed by atoms with Gasteiger partial charge in [-0.15, -0.1) is 0 Å². The summed E-state index contributed by atoms with van der Waals surface area (Å²) in [5.41, 5.74) is 5.90. The van der Waals surface area contributed by atoms with Crippen LogP contribution < -0.4 is 16.2 Å². The van der Waals surface area contributed by atoms with Crippen molar-refractivity contribution in [2.24, 2.45) is 5.14 Å². The van der Waals surface area contributed by atoms with Crippen LogP contribution in [0.1, 0.15) is 6.42 Å². The first-order valence-corrected chi connectivity index (χ1v) is 7.70. The Hall–Kier alpha value is -1.35. The number of nitrogens with one attached hydrogen (secondary N) is 1. The summed E-state index contributed by atoms with van der Waals surface area (Å²) in [6.07, 6.45) is 0.746. The molecule has 0 spiro atoms. The van der Waals surface area contributed by atoms with E-state index in [0.29, 0.717) is 31.1 Å². The number of nitrogen functional groups attached to an aromatic ring is 1. The van der Waals surface area contributed by atoms with Crippen molar-refractivity contribution in [2.45, 2.75) is 16.9 Å². The van der Waals surface area contributed by atoms with Crippen LogP contribution >= 0.6 is 0 Å². The molecule has 8 heteroatoms. The minimum absolute atomic E-state index is 0.0253. The molecule has 1 unspecified atom stereocenters. The lowest BCUT2D eigenvalue weighted by molar-refractivity contribution is -0.00623. The number of sulfonamides is 1. The Morgan fingerprint density at radius 3 is 2.80 bits per heavy atom. The molecule has 0 aliphatic carbocycles. The van der Waals surface area contributed by atoms with Crippen molar-refractivity contribution < 1.29 is 17.9 Å². The normalized spacial score (nSPS) is 22.9. The smallest absolute Gasteiger partial charge is 0.240 e. The van der Waals surface area contributed by atoms with Gasteiger partial charge in [0.2, 0.25) is 10.0 Å². The van der Waals surface area contributed by atoms with Gasteiger partial charge in [-0.2, -0.15) is 0 Å². The Morgan fingerprint density at radius 1 is 1.50 bits per heavy atom. The zero-order chi connectivity index (χ0) is 14.8. The first-order valence-electron chi connectivity index (χ1n) is 6.15. The van der Waals surface area contributed by atoms with Gasteiger partial charge in [0.25, 0.3) is 0 Å². The van der Waals surface area contributed by atoms with Crippen molar-refractivity contribution in [2.75, 3.05) is 37.9 Å². The summed E-state index contributed by atoms with van der Waals surface area (Å²) >= 11 is 0. The largest absolute Gasteiger partial charge is 0.399 e. The molecule has 2 rings (SSSR count). The van der Waals surface area contributed by atoms with Crippen LogP contribution in [0.3, 0.4) is 0 Å². The van der Waals surface area contributed by atoms with Gasteiger partial charge in [0.1, 0.15) is 10.5 Å². The van der Waals surface area contributed by atoms with Crippen molar-refractivity contribution in [3.8, 4) is 0 Å². The Bertz CT molecular complexity index is 582. The first-order chi connectivity index (χ1) is 9.36. The van der Waals surface area contributed by atoms with E-state index >= 15 is 0 Å². The van der Waals surface area contributed by atoms with Crippen molar-refractivity contribution in [3.63, 3.8) is 0 Å². The van der Waals surface area contributed by atoms with Gasteiger partial charge >= 0.3 is 0 Å². The molecule has 1 saturated heterocycles. The fraction of sp³-hybridized carbons (Fsp3) is 0.500. The second kappa shape index (κ2) is 5.57. The molecule has 0 saturated carbocycles. The summed E-state index contributed by atoms with van der Waals surface area (Å²) in [6, 6.07) is 4.54. The SMILES string of the molecule is COC1(CNc2ccc(N)cc2S(N)(=O)=O)CCOC1. The molecule has 7 nitrogen and oxygen atoms in total. The summed E-state index contributed by atoms with van der Waals surface area (Å²) < 4.78 is 34.0. The quantitative estimate of drug-likeness (QED) is 0.666. The van der Waals surface area contributed by atoms with E-state index in [4.69, 9.17) is 20.3 Å².